The van der Waals surface area contributed by atoms with E-state index in [-0.39, 0.29) is 0 Å². The van der Waals surface area contributed by atoms with Crippen LogP contribution in [0.3, 0.4) is 0 Å². The number of nitrogens with zero attached hydrogens (tertiary/aromatic N) is 3. The van der Waals surface area contributed by atoms with Gasteiger partial charge in [0.25, 0.3) is 0 Å². The highest BCUT2D eigenvalue weighted by Gasteiger charge is 2.05. The van der Waals surface area contributed by atoms with E-state index in [1.54, 1.807) is 17.7 Å². The van der Waals surface area contributed by atoms with Crippen molar-refractivity contribution < 1.29 is 0 Å². The maximum Gasteiger partial charge on any atom is 0.137 e. The molecule has 2 heterocycles. The largest absolute Gasteiger partial charge is 0.399 e. The van der Waals surface area contributed by atoms with Crippen molar-refractivity contribution in [3.05, 3.63) is 40.6 Å². The number of benzene rings is 1. The van der Waals surface area contributed by atoms with Crippen LogP contribution < -0.4 is 11.1 Å². The average Bonchev–Trinajstić information content (AvgIpc) is 2.82. The van der Waals surface area contributed by atoms with E-state index in [0.29, 0.717) is 12.2 Å². The molecule has 3 N–H and O–H groups in total. The van der Waals surface area contributed by atoms with Gasteiger partial charge in [-0.1, -0.05) is 0 Å². The second kappa shape index (κ2) is 4.81. The maximum atomic E-state index is 5.81. The molecule has 0 aliphatic heterocycles. The molecule has 6 heteroatoms. The molecule has 0 aliphatic rings. The van der Waals surface area contributed by atoms with Gasteiger partial charge in [-0.25, -0.2) is 15.0 Å². The normalized spacial score (nSPS) is 10.8. The molecule has 0 fully saturated rings. The minimum Gasteiger partial charge on any atom is -0.399 e. The lowest BCUT2D eigenvalue weighted by Gasteiger charge is -2.07. The molecule has 0 spiro atoms. The first-order valence-electron chi connectivity index (χ1n) is 5.88. The van der Waals surface area contributed by atoms with Crippen molar-refractivity contribution in [2.24, 2.45) is 0 Å². The molecule has 0 aliphatic carbocycles. The first kappa shape index (κ1) is 11.9. The molecule has 19 heavy (non-hydrogen) atoms. The minimum absolute atomic E-state index is 0.701. The first-order valence-corrected chi connectivity index (χ1v) is 6.69. The Bertz CT molecular complexity index is 722. The van der Waals surface area contributed by atoms with Crippen molar-refractivity contribution in [3.8, 4) is 0 Å². The zero-order valence-corrected chi connectivity index (χ0v) is 11.2. The quantitative estimate of drug-likeness (QED) is 0.716. The molecule has 2 aromatic heterocycles. The van der Waals surface area contributed by atoms with Crippen LogP contribution in [0.5, 0.6) is 0 Å². The molecule has 0 unspecified atom stereocenters. The molecule has 96 valence electrons. The lowest BCUT2D eigenvalue weighted by atomic mass is 10.2. The molecule has 1 aromatic carbocycles. The van der Waals surface area contributed by atoms with Crippen molar-refractivity contribution in [1.29, 1.82) is 0 Å². The number of aromatic nitrogens is 3. The monoisotopic (exact) mass is 271 g/mol. The number of aryl methyl sites for hydroxylation is 1. The van der Waals surface area contributed by atoms with E-state index in [1.165, 1.54) is 4.88 Å². The van der Waals surface area contributed by atoms with Crippen LogP contribution in [0.2, 0.25) is 0 Å². The van der Waals surface area contributed by atoms with Gasteiger partial charge >= 0.3 is 0 Å². The van der Waals surface area contributed by atoms with Crippen LogP contribution in [0.1, 0.15) is 9.88 Å². The molecule has 3 aromatic rings. The van der Waals surface area contributed by atoms with Crippen molar-refractivity contribution in [3.63, 3.8) is 0 Å². The fourth-order valence-corrected chi connectivity index (χ4v) is 2.61. The third-order valence-electron chi connectivity index (χ3n) is 2.76. The maximum absolute atomic E-state index is 5.81. The van der Waals surface area contributed by atoms with Crippen LogP contribution in [0.4, 0.5) is 11.5 Å². The zero-order valence-electron chi connectivity index (χ0n) is 10.4. The summed E-state index contributed by atoms with van der Waals surface area (Å²) in [5, 5.41) is 5.31. The summed E-state index contributed by atoms with van der Waals surface area (Å²) >= 11 is 1.67. The van der Waals surface area contributed by atoms with E-state index >= 15 is 0 Å². The number of nitrogens with two attached hydrogens (primary N) is 1. The smallest absolute Gasteiger partial charge is 0.137 e. The van der Waals surface area contributed by atoms with E-state index in [2.05, 4.69) is 20.3 Å². The molecule has 0 amide bonds. The molecule has 3 rings (SSSR count). The number of nitrogens with one attached hydrogen (secondary N) is 1. The summed E-state index contributed by atoms with van der Waals surface area (Å²) in [6.07, 6.45) is 3.43. The highest BCUT2D eigenvalue weighted by atomic mass is 32.1. The molecule has 0 saturated carbocycles. The van der Waals surface area contributed by atoms with Gasteiger partial charge in [0.2, 0.25) is 0 Å². The van der Waals surface area contributed by atoms with Gasteiger partial charge in [-0.05, 0) is 25.1 Å². The van der Waals surface area contributed by atoms with Crippen LogP contribution in [-0.2, 0) is 6.54 Å². The lowest BCUT2D eigenvalue weighted by Crippen LogP contribution is -2.01. The van der Waals surface area contributed by atoms with Gasteiger partial charge in [0.1, 0.15) is 12.1 Å². The molecule has 0 atom stereocenters. The first-order chi connectivity index (χ1) is 9.22. The van der Waals surface area contributed by atoms with Gasteiger partial charge in [-0.3, -0.25) is 0 Å². The molecule has 0 saturated heterocycles. The number of anilines is 2. The van der Waals surface area contributed by atoms with E-state index in [0.717, 1.165) is 21.7 Å². The van der Waals surface area contributed by atoms with Gasteiger partial charge in [0, 0.05) is 22.1 Å². The Kier molecular flexibility index (Phi) is 3.00. The summed E-state index contributed by atoms with van der Waals surface area (Å²) < 4.78 is 0. The van der Waals surface area contributed by atoms with Crippen LogP contribution in [0.15, 0.2) is 30.7 Å². The van der Waals surface area contributed by atoms with Crippen LogP contribution in [-0.4, -0.2) is 15.0 Å². The van der Waals surface area contributed by atoms with Crippen LogP contribution in [0, 0.1) is 6.92 Å². The molecule has 0 radical (unpaired) electrons. The van der Waals surface area contributed by atoms with Crippen molar-refractivity contribution in [1.82, 2.24) is 15.0 Å². The Morgan fingerprint density at radius 2 is 2.16 bits per heavy atom. The number of nitrogen functional groups attached to an aromatic ring is 1. The number of thiazole rings is 1. The number of hydrogen-bond acceptors (Lipinski definition) is 6. The highest BCUT2D eigenvalue weighted by Crippen LogP contribution is 2.22. The standard InChI is InChI=1S/C13H13N5S/c1-8-15-5-10(19-8)6-16-13-11-4-9(14)2-3-12(11)17-7-18-13/h2-5,7H,6,14H2,1H3,(H,16,17,18). The second-order valence-corrected chi connectivity index (χ2v) is 5.52. The van der Waals surface area contributed by atoms with E-state index in [9.17, 15) is 0 Å². The Hall–Kier alpha value is -2.21. The molecular formula is C13H13N5S. The second-order valence-electron chi connectivity index (χ2n) is 4.20. The van der Waals surface area contributed by atoms with Gasteiger partial charge in [-0.15, -0.1) is 11.3 Å². The fraction of sp³-hybridized carbons (Fsp3) is 0.154. The van der Waals surface area contributed by atoms with Crippen LogP contribution >= 0.6 is 11.3 Å². The molecule has 5 nitrogen and oxygen atoms in total. The Morgan fingerprint density at radius 1 is 1.26 bits per heavy atom. The van der Waals surface area contributed by atoms with E-state index in [4.69, 9.17) is 5.73 Å². The average molecular weight is 271 g/mol. The Balaban J connectivity index is 1.90. The van der Waals surface area contributed by atoms with Crippen molar-refractivity contribution >= 4 is 33.7 Å². The predicted octanol–water partition coefficient (Wildman–Crippen LogP) is 2.59. The summed E-state index contributed by atoms with van der Waals surface area (Å²) in [4.78, 5) is 13.9. The zero-order chi connectivity index (χ0) is 13.2. The molecular weight excluding hydrogens is 258 g/mol. The predicted molar refractivity (Wildman–Crippen MR) is 78.1 cm³/mol. The van der Waals surface area contributed by atoms with E-state index in [1.807, 2.05) is 31.3 Å². The number of rotatable bonds is 3. The Labute approximate surface area is 114 Å². The number of fused-ring (bicyclic) bond motifs is 1. The topological polar surface area (TPSA) is 76.7 Å². The van der Waals surface area contributed by atoms with Gasteiger partial charge in [0.05, 0.1) is 17.1 Å². The number of hydrogen-bond donors (Lipinski definition) is 2. The lowest BCUT2D eigenvalue weighted by molar-refractivity contribution is 1.12. The summed E-state index contributed by atoms with van der Waals surface area (Å²) in [6.45, 7) is 2.70. The Morgan fingerprint density at radius 3 is 2.95 bits per heavy atom. The summed E-state index contributed by atoms with van der Waals surface area (Å²) in [7, 11) is 0. The highest BCUT2D eigenvalue weighted by molar-refractivity contribution is 7.11. The van der Waals surface area contributed by atoms with Crippen molar-refractivity contribution in [2.75, 3.05) is 11.1 Å². The van der Waals surface area contributed by atoms with Gasteiger partial charge in [-0.2, -0.15) is 0 Å². The SMILES string of the molecule is Cc1ncc(CNc2ncnc3ccc(N)cc23)s1. The minimum atomic E-state index is 0.701. The summed E-state index contributed by atoms with van der Waals surface area (Å²) in [5.41, 5.74) is 7.40. The van der Waals surface area contributed by atoms with E-state index < -0.39 is 0 Å². The third kappa shape index (κ3) is 2.48. The van der Waals surface area contributed by atoms with Crippen molar-refractivity contribution in [2.45, 2.75) is 13.5 Å². The third-order valence-corrected chi connectivity index (χ3v) is 3.67. The summed E-state index contributed by atoms with van der Waals surface area (Å²) in [5.74, 6) is 0.795. The molecule has 0 bridgehead atoms. The summed E-state index contributed by atoms with van der Waals surface area (Å²) in [6, 6.07) is 5.62. The fourth-order valence-electron chi connectivity index (χ4n) is 1.87. The van der Waals surface area contributed by atoms with Gasteiger partial charge in [0.15, 0.2) is 0 Å². The van der Waals surface area contributed by atoms with Crippen LogP contribution in [0.25, 0.3) is 10.9 Å². The van der Waals surface area contributed by atoms with Gasteiger partial charge < -0.3 is 11.1 Å².